The lowest BCUT2D eigenvalue weighted by molar-refractivity contribution is 0.119. The van der Waals surface area contributed by atoms with E-state index in [-0.39, 0.29) is 0 Å². The number of nitrogens with one attached hydrogen (secondary N) is 1. The summed E-state index contributed by atoms with van der Waals surface area (Å²) in [5.41, 5.74) is 0. The first-order valence-corrected chi connectivity index (χ1v) is 6.66. The molecule has 2 aliphatic heterocycles. The Labute approximate surface area is 103 Å². The summed E-state index contributed by atoms with van der Waals surface area (Å²) < 4.78 is 0. The Balaban J connectivity index is 1.62. The van der Waals surface area contributed by atoms with E-state index in [9.17, 15) is 4.79 Å². The molecule has 0 aromatic heterocycles. The molecule has 0 radical (unpaired) electrons. The molecule has 0 unspecified atom stereocenters. The molecule has 17 heavy (non-hydrogen) atoms. The van der Waals surface area contributed by atoms with Crippen molar-refractivity contribution in [3.63, 3.8) is 0 Å². The second-order valence-corrected chi connectivity index (χ2v) is 5.09. The third-order valence-corrected chi connectivity index (χ3v) is 3.95. The Morgan fingerprint density at radius 2 is 1.82 bits per heavy atom. The Hall–Kier alpha value is -0.810. The molecule has 0 atom stereocenters. The third kappa shape index (κ3) is 3.85. The van der Waals surface area contributed by atoms with Crippen molar-refractivity contribution < 1.29 is 9.90 Å². The summed E-state index contributed by atoms with van der Waals surface area (Å²) in [4.78, 5) is 14.8. The minimum Gasteiger partial charge on any atom is -0.465 e. The van der Waals surface area contributed by atoms with Gasteiger partial charge in [0.25, 0.3) is 0 Å². The van der Waals surface area contributed by atoms with Crippen molar-refractivity contribution in [2.45, 2.75) is 19.3 Å². The van der Waals surface area contributed by atoms with Gasteiger partial charge in [-0.1, -0.05) is 0 Å². The van der Waals surface area contributed by atoms with Crippen LogP contribution in [0.5, 0.6) is 0 Å². The maximum Gasteiger partial charge on any atom is 0.407 e. The molecule has 1 amide bonds. The van der Waals surface area contributed by atoms with E-state index in [0.29, 0.717) is 0 Å². The summed E-state index contributed by atoms with van der Waals surface area (Å²) in [6.45, 7) is 7.17. The second-order valence-electron chi connectivity index (χ2n) is 5.09. The quantitative estimate of drug-likeness (QED) is 0.762. The molecule has 0 aromatic carbocycles. The van der Waals surface area contributed by atoms with E-state index >= 15 is 0 Å². The molecule has 5 heteroatoms. The van der Waals surface area contributed by atoms with Crippen LogP contribution >= 0.6 is 0 Å². The first-order valence-electron chi connectivity index (χ1n) is 6.66. The van der Waals surface area contributed by atoms with Gasteiger partial charge in [0.15, 0.2) is 0 Å². The lowest BCUT2D eigenvalue weighted by Crippen LogP contribution is -2.44. The molecule has 0 spiro atoms. The second kappa shape index (κ2) is 6.21. The lowest BCUT2D eigenvalue weighted by atomic mass is 9.93. The SMILES string of the molecule is O=C(O)N1CCC(CCN2CCNCC2)CC1. The molecule has 0 aromatic rings. The molecule has 0 aliphatic carbocycles. The van der Waals surface area contributed by atoms with Crippen molar-refractivity contribution in [3.8, 4) is 0 Å². The van der Waals surface area contributed by atoms with Crippen molar-refractivity contribution in [1.82, 2.24) is 15.1 Å². The van der Waals surface area contributed by atoms with E-state index < -0.39 is 6.09 Å². The van der Waals surface area contributed by atoms with Gasteiger partial charge >= 0.3 is 6.09 Å². The van der Waals surface area contributed by atoms with Crippen molar-refractivity contribution in [2.24, 2.45) is 5.92 Å². The van der Waals surface area contributed by atoms with Gasteiger partial charge in [0, 0.05) is 39.3 Å². The van der Waals surface area contributed by atoms with Crippen LogP contribution in [0, 0.1) is 5.92 Å². The summed E-state index contributed by atoms with van der Waals surface area (Å²) in [5.74, 6) is 0.723. The smallest absolute Gasteiger partial charge is 0.407 e. The van der Waals surface area contributed by atoms with E-state index in [1.807, 2.05) is 0 Å². The van der Waals surface area contributed by atoms with E-state index in [0.717, 1.165) is 58.0 Å². The molecule has 2 rings (SSSR count). The number of amides is 1. The maximum atomic E-state index is 10.8. The summed E-state index contributed by atoms with van der Waals surface area (Å²) in [6.07, 6.45) is 2.55. The Bertz CT molecular complexity index is 246. The van der Waals surface area contributed by atoms with Crippen LogP contribution in [0.25, 0.3) is 0 Å². The summed E-state index contributed by atoms with van der Waals surface area (Å²) in [7, 11) is 0. The lowest BCUT2D eigenvalue weighted by Gasteiger charge is -2.32. The van der Waals surface area contributed by atoms with Gasteiger partial charge in [-0.3, -0.25) is 0 Å². The van der Waals surface area contributed by atoms with Crippen LogP contribution in [0.4, 0.5) is 4.79 Å². The fourth-order valence-corrected chi connectivity index (χ4v) is 2.71. The van der Waals surface area contributed by atoms with Crippen LogP contribution in [-0.2, 0) is 0 Å². The number of rotatable bonds is 3. The number of nitrogens with zero attached hydrogens (tertiary/aromatic N) is 2. The van der Waals surface area contributed by atoms with E-state index in [1.165, 1.54) is 13.0 Å². The minimum absolute atomic E-state index is 0.723. The zero-order valence-electron chi connectivity index (χ0n) is 10.4. The normalized spacial score (nSPS) is 23.9. The van der Waals surface area contributed by atoms with Gasteiger partial charge in [0.1, 0.15) is 0 Å². The Morgan fingerprint density at radius 3 is 2.41 bits per heavy atom. The van der Waals surface area contributed by atoms with Crippen LogP contribution in [0.15, 0.2) is 0 Å². The van der Waals surface area contributed by atoms with Crippen molar-refractivity contribution >= 4 is 6.09 Å². The van der Waals surface area contributed by atoms with Gasteiger partial charge in [0.05, 0.1) is 0 Å². The van der Waals surface area contributed by atoms with Crippen molar-refractivity contribution in [1.29, 1.82) is 0 Å². The topological polar surface area (TPSA) is 55.8 Å². The van der Waals surface area contributed by atoms with Crippen LogP contribution in [-0.4, -0.2) is 66.8 Å². The highest BCUT2D eigenvalue weighted by Crippen LogP contribution is 2.20. The van der Waals surface area contributed by atoms with Gasteiger partial charge in [-0.05, 0) is 31.7 Å². The zero-order chi connectivity index (χ0) is 12.1. The van der Waals surface area contributed by atoms with Gasteiger partial charge < -0.3 is 20.2 Å². The summed E-state index contributed by atoms with van der Waals surface area (Å²) in [5, 5.41) is 12.2. The summed E-state index contributed by atoms with van der Waals surface area (Å²) in [6, 6.07) is 0. The zero-order valence-corrected chi connectivity index (χ0v) is 10.4. The van der Waals surface area contributed by atoms with Crippen LogP contribution in [0.2, 0.25) is 0 Å². The Kier molecular flexibility index (Phi) is 4.62. The molecule has 0 bridgehead atoms. The number of piperazine rings is 1. The van der Waals surface area contributed by atoms with Gasteiger partial charge in [-0.2, -0.15) is 0 Å². The fraction of sp³-hybridized carbons (Fsp3) is 0.917. The molecule has 98 valence electrons. The number of hydrogen-bond acceptors (Lipinski definition) is 3. The van der Waals surface area contributed by atoms with Gasteiger partial charge in [0.2, 0.25) is 0 Å². The van der Waals surface area contributed by atoms with Crippen LogP contribution < -0.4 is 5.32 Å². The molecule has 2 saturated heterocycles. The standard InChI is InChI=1S/C12H23N3O2/c16-12(17)15-7-2-11(3-8-15)1-6-14-9-4-13-5-10-14/h11,13H,1-10H2,(H,16,17). The van der Waals surface area contributed by atoms with Crippen LogP contribution in [0.1, 0.15) is 19.3 Å². The van der Waals surface area contributed by atoms with Gasteiger partial charge in [-0.15, -0.1) is 0 Å². The predicted octanol–water partition coefficient (Wildman–Crippen LogP) is 0.672. The largest absolute Gasteiger partial charge is 0.465 e. The number of carboxylic acid groups (broad SMARTS) is 1. The average molecular weight is 241 g/mol. The highest BCUT2D eigenvalue weighted by atomic mass is 16.4. The first-order chi connectivity index (χ1) is 8.25. The number of likely N-dealkylation sites (tertiary alicyclic amines) is 1. The highest BCUT2D eigenvalue weighted by molar-refractivity contribution is 5.64. The highest BCUT2D eigenvalue weighted by Gasteiger charge is 2.22. The number of carbonyl (C=O) groups is 1. The molecule has 2 heterocycles. The molecular weight excluding hydrogens is 218 g/mol. The van der Waals surface area contributed by atoms with Gasteiger partial charge in [-0.25, -0.2) is 4.79 Å². The molecule has 0 saturated carbocycles. The monoisotopic (exact) mass is 241 g/mol. The number of piperidine rings is 1. The predicted molar refractivity (Wildman–Crippen MR) is 66.2 cm³/mol. The average Bonchev–Trinajstić information content (AvgIpc) is 2.38. The van der Waals surface area contributed by atoms with E-state index in [1.54, 1.807) is 4.90 Å². The van der Waals surface area contributed by atoms with Crippen LogP contribution in [0.3, 0.4) is 0 Å². The van der Waals surface area contributed by atoms with Crippen molar-refractivity contribution in [2.75, 3.05) is 45.8 Å². The molecule has 2 fully saturated rings. The third-order valence-electron chi connectivity index (χ3n) is 3.95. The van der Waals surface area contributed by atoms with E-state index in [4.69, 9.17) is 5.11 Å². The molecule has 2 aliphatic rings. The molecular formula is C12H23N3O2. The first kappa shape index (κ1) is 12.6. The fourth-order valence-electron chi connectivity index (χ4n) is 2.71. The van der Waals surface area contributed by atoms with Crippen molar-refractivity contribution in [3.05, 3.63) is 0 Å². The Morgan fingerprint density at radius 1 is 1.18 bits per heavy atom. The summed E-state index contributed by atoms with van der Waals surface area (Å²) >= 11 is 0. The molecule has 2 N–H and O–H groups in total. The maximum absolute atomic E-state index is 10.8. The minimum atomic E-state index is -0.759. The molecule has 5 nitrogen and oxygen atoms in total. The number of hydrogen-bond donors (Lipinski definition) is 2. The van der Waals surface area contributed by atoms with E-state index in [2.05, 4.69) is 10.2 Å².